The number of aromatic nitrogens is 3. The van der Waals surface area contributed by atoms with E-state index < -0.39 is 0 Å². The van der Waals surface area contributed by atoms with Gasteiger partial charge >= 0.3 is 0 Å². The van der Waals surface area contributed by atoms with E-state index in [2.05, 4.69) is 28.1 Å². The first-order valence-electron chi connectivity index (χ1n) is 6.39. The van der Waals surface area contributed by atoms with E-state index in [0.29, 0.717) is 6.42 Å². The molecule has 1 heterocycles. The molecule has 0 saturated carbocycles. The zero-order valence-corrected chi connectivity index (χ0v) is 12.4. The predicted molar refractivity (Wildman–Crippen MR) is 80.3 cm³/mol. The minimum absolute atomic E-state index is 0.0993. The first-order chi connectivity index (χ1) is 9.72. The average Bonchev–Trinajstić information content (AvgIpc) is 2.78. The second kappa shape index (κ2) is 7.13. The number of hydrogen-bond donors (Lipinski definition) is 1. The molecular weight excluding hydrogens is 270 g/mol. The lowest BCUT2D eigenvalue weighted by atomic mass is 10.1. The maximum Gasteiger partial charge on any atom is 0.191 e. The van der Waals surface area contributed by atoms with Gasteiger partial charge in [-0.3, -0.25) is 0 Å². The molecule has 0 fully saturated rings. The highest BCUT2D eigenvalue weighted by atomic mass is 32.2. The lowest BCUT2D eigenvalue weighted by molar-refractivity contribution is 0.305. The van der Waals surface area contributed by atoms with Crippen molar-refractivity contribution in [2.24, 2.45) is 7.05 Å². The van der Waals surface area contributed by atoms with Gasteiger partial charge in [-0.25, -0.2) is 0 Å². The van der Waals surface area contributed by atoms with Gasteiger partial charge in [0.15, 0.2) is 5.16 Å². The van der Waals surface area contributed by atoms with E-state index in [-0.39, 0.29) is 6.61 Å². The van der Waals surface area contributed by atoms with Gasteiger partial charge in [0.2, 0.25) is 0 Å². The molecule has 0 bridgehead atoms. The largest absolute Gasteiger partial charge is 0.395 e. The Morgan fingerprint density at radius 3 is 2.80 bits per heavy atom. The van der Waals surface area contributed by atoms with Crippen LogP contribution in [0.5, 0.6) is 0 Å². The molecule has 5 heteroatoms. The predicted octanol–water partition coefficient (Wildman–Crippen LogP) is 2.15. The number of aryl methyl sites for hydroxylation is 1. The minimum Gasteiger partial charge on any atom is -0.395 e. The van der Waals surface area contributed by atoms with Crippen LogP contribution in [0.4, 0.5) is 0 Å². The highest BCUT2D eigenvalue weighted by Gasteiger charge is 2.07. The van der Waals surface area contributed by atoms with Crippen LogP contribution in [-0.2, 0) is 12.8 Å². The Morgan fingerprint density at radius 1 is 1.30 bits per heavy atom. The fraction of sp³-hybridized carbons (Fsp3) is 0.333. The molecule has 0 saturated heterocycles. The summed E-state index contributed by atoms with van der Waals surface area (Å²) in [5.41, 5.74) is 2.18. The fourth-order valence-electron chi connectivity index (χ4n) is 1.64. The van der Waals surface area contributed by atoms with Crippen molar-refractivity contribution in [3.8, 4) is 11.8 Å². The third kappa shape index (κ3) is 3.62. The van der Waals surface area contributed by atoms with E-state index in [1.165, 1.54) is 5.56 Å². The van der Waals surface area contributed by atoms with Crippen LogP contribution in [0.1, 0.15) is 23.4 Å². The van der Waals surface area contributed by atoms with E-state index >= 15 is 0 Å². The summed E-state index contributed by atoms with van der Waals surface area (Å²) >= 11 is 1.65. The van der Waals surface area contributed by atoms with Crippen molar-refractivity contribution in [1.29, 1.82) is 0 Å². The monoisotopic (exact) mass is 287 g/mol. The third-order valence-electron chi connectivity index (χ3n) is 2.89. The first-order valence-corrected chi connectivity index (χ1v) is 7.37. The second-order valence-corrected chi connectivity index (χ2v) is 5.25. The van der Waals surface area contributed by atoms with Crippen LogP contribution in [0.3, 0.4) is 0 Å². The van der Waals surface area contributed by atoms with Crippen LogP contribution >= 0.6 is 11.8 Å². The molecule has 1 aromatic carbocycles. The highest BCUT2D eigenvalue weighted by molar-refractivity contribution is 7.98. The number of rotatable bonds is 4. The van der Waals surface area contributed by atoms with Gasteiger partial charge in [0.25, 0.3) is 0 Å². The van der Waals surface area contributed by atoms with E-state index in [0.717, 1.165) is 22.3 Å². The Kier molecular flexibility index (Phi) is 5.22. The normalized spacial score (nSPS) is 10.2. The summed E-state index contributed by atoms with van der Waals surface area (Å²) < 4.78 is 1.98. The number of benzene rings is 1. The molecule has 0 spiro atoms. The van der Waals surface area contributed by atoms with Crippen molar-refractivity contribution in [2.75, 3.05) is 6.61 Å². The molecule has 4 nitrogen and oxygen atoms in total. The van der Waals surface area contributed by atoms with Crippen molar-refractivity contribution >= 4 is 11.8 Å². The van der Waals surface area contributed by atoms with Gasteiger partial charge in [0, 0.05) is 24.8 Å². The quantitative estimate of drug-likeness (QED) is 0.691. The van der Waals surface area contributed by atoms with Crippen molar-refractivity contribution < 1.29 is 5.11 Å². The Morgan fingerprint density at radius 2 is 2.10 bits per heavy atom. The van der Waals surface area contributed by atoms with Crippen molar-refractivity contribution in [3.05, 3.63) is 41.2 Å². The van der Waals surface area contributed by atoms with E-state index in [1.54, 1.807) is 11.8 Å². The summed E-state index contributed by atoms with van der Waals surface area (Å²) in [4.78, 5) is 0. The molecule has 0 aliphatic carbocycles. The molecule has 1 aromatic heterocycles. The molecular formula is C15H17N3OS. The molecule has 2 rings (SSSR count). The number of thioether (sulfide) groups is 1. The molecule has 20 heavy (non-hydrogen) atoms. The van der Waals surface area contributed by atoms with Crippen molar-refractivity contribution in [2.45, 2.75) is 24.3 Å². The van der Waals surface area contributed by atoms with Gasteiger partial charge in [-0.2, -0.15) is 0 Å². The third-order valence-corrected chi connectivity index (χ3v) is 3.96. The number of aliphatic hydroxyl groups is 1. The number of aliphatic hydroxyl groups excluding tert-OH is 1. The van der Waals surface area contributed by atoms with Crippen molar-refractivity contribution in [1.82, 2.24) is 14.8 Å². The maximum absolute atomic E-state index is 8.77. The van der Waals surface area contributed by atoms with Gasteiger partial charge in [0.1, 0.15) is 5.82 Å². The molecule has 0 aliphatic heterocycles. The minimum atomic E-state index is 0.0993. The second-order valence-electron chi connectivity index (χ2n) is 4.31. The summed E-state index contributed by atoms with van der Waals surface area (Å²) in [5.74, 6) is 7.77. The van der Waals surface area contributed by atoms with E-state index in [4.69, 9.17) is 5.11 Å². The van der Waals surface area contributed by atoms with Gasteiger partial charge in [-0.1, -0.05) is 41.8 Å². The maximum atomic E-state index is 8.77. The average molecular weight is 287 g/mol. The zero-order chi connectivity index (χ0) is 14.4. The van der Waals surface area contributed by atoms with E-state index in [9.17, 15) is 0 Å². The molecule has 0 radical (unpaired) electrons. The Bertz CT molecular complexity index is 640. The standard InChI is InChI=1S/C15H17N3OS/c1-12-16-17-15(18(12)2)20-11-14-9-4-3-7-13(14)8-5-6-10-19/h3-4,7,9,19H,6,10-11H2,1-2H3. The van der Waals surface area contributed by atoms with Crippen LogP contribution in [0.2, 0.25) is 0 Å². The summed E-state index contributed by atoms with van der Waals surface area (Å²) in [5, 5.41) is 17.9. The summed E-state index contributed by atoms with van der Waals surface area (Å²) in [6.45, 7) is 2.04. The van der Waals surface area contributed by atoms with E-state index in [1.807, 2.05) is 36.7 Å². The van der Waals surface area contributed by atoms with Gasteiger partial charge in [-0.15, -0.1) is 10.2 Å². The lowest BCUT2D eigenvalue weighted by Gasteiger charge is -2.04. The molecule has 0 amide bonds. The molecule has 0 atom stereocenters. The van der Waals surface area contributed by atoms with Crippen LogP contribution in [0, 0.1) is 18.8 Å². The van der Waals surface area contributed by atoms with Gasteiger partial charge < -0.3 is 9.67 Å². The highest BCUT2D eigenvalue weighted by Crippen LogP contribution is 2.22. The summed E-state index contributed by atoms with van der Waals surface area (Å²) in [7, 11) is 1.96. The molecule has 2 aromatic rings. The molecule has 104 valence electrons. The first kappa shape index (κ1) is 14.6. The molecule has 1 N–H and O–H groups in total. The summed E-state index contributed by atoms with van der Waals surface area (Å²) in [6.07, 6.45) is 0.504. The number of nitrogens with zero attached hydrogens (tertiary/aromatic N) is 3. The number of hydrogen-bond acceptors (Lipinski definition) is 4. The zero-order valence-electron chi connectivity index (χ0n) is 11.6. The Hall–Kier alpha value is -1.77. The Labute approximate surface area is 123 Å². The topological polar surface area (TPSA) is 50.9 Å². The van der Waals surface area contributed by atoms with Crippen LogP contribution in [-0.4, -0.2) is 26.5 Å². The smallest absolute Gasteiger partial charge is 0.191 e. The van der Waals surface area contributed by atoms with Gasteiger partial charge in [-0.05, 0) is 18.6 Å². The molecule has 0 unspecified atom stereocenters. The van der Waals surface area contributed by atoms with Gasteiger partial charge in [0.05, 0.1) is 6.61 Å². The van der Waals surface area contributed by atoms with Crippen molar-refractivity contribution in [3.63, 3.8) is 0 Å². The SMILES string of the molecule is Cc1nnc(SCc2ccccc2C#CCCO)n1C. The Balaban J connectivity index is 2.10. The van der Waals surface area contributed by atoms with Crippen LogP contribution < -0.4 is 0 Å². The lowest BCUT2D eigenvalue weighted by Crippen LogP contribution is -1.94. The molecule has 0 aliphatic rings. The van der Waals surface area contributed by atoms with Crippen LogP contribution in [0.25, 0.3) is 0 Å². The fourth-order valence-corrected chi connectivity index (χ4v) is 2.60. The van der Waals surface area contributed by atoms with Crippen LogP contribution in [0.15, 0.2) is 29.4 Å². The summed E-state index contributed by atoms with van der Waals surface area (Å²) in [6, 6.07) is 8.06.